The summed E-state index contributed by atoms with van der Waals surface area (Å²) in [7, 11) is -3.13. The summed E-state index contributed by atoms with van der Waals surface area (Å²) in [5.74, 6) is 0. The van der Waals surface area contributed by atoms with Crippen LogP contribution in [0.5, 0.6) is 0 Å². The summed E-state index contributed by atoms with van der Waals surface area (Å²) in [6.45, 7) is 0. The van der Waals surface area contributed by atoms with Crippen LogP contribution >= 0.6 is 18.9 Å². The van der Waals surface area contributed by atoms with Crippen molar-refractivity contribution < 1.29 is 4.57 Å². The Balaban J connectivity index is 1.15. The number of nitrogens with zero attached hydrogens (tertiary/aromatic N) is 1. The molecule has 0 saturated carbocycles. The van der Waals surface area contributed by atoms with Crippen LogP contribution in [0.4, 0.5) is 0 Å². The Labute approximate surface area is 335 Å². The van der Waals surface area contributed by atoms with Gasteiger partial charge in [0.25, 0.3) is 0 Å². The number of benzene rings is 9. The predicted octanol–water partition coefficient (Wildman–Crippen LogP) is 12.4. The second kappa shape index (κ2) is 12.3. The first kappa shape index (κ1) is 32.8. The van der Waals surface area contributed by atoms with Crippen molar-refractivity contribution in [2.45, 2.75) is 15.2 Å². The van der Waals surface area contributed by atoms with Crippen LogP contribution in [0.15, 0.2) is 216 Å². The lowest BCUT2D eigenvalue weighted by atomic mass is 9.67. The van der Waals surface area contributed by atoms with Crippen molar-refractivity contribution in [2.24, 2.45) is 0 Å². The molecule has 268 valence electrons. The molecule has 1 aromatic heterocycles. The Kier molecular flexibility index (Phi) is 7.09. The van der Waals surface area contributed by atoms with Gasteiger partial charge in [-0.2, -0.15) is 0 Å². The van der Waals surface area contributed by atoms with Crippen molar-refractivity contribution in [1.29, 1.82) is 0 Å². The Hall–Kier alpha value is -6.38. The summed E-state index contributed by atoms with van der Waals surface area (Å²) in [5, 5.41) is 7.41. The van der Waals surface area contributed by atoms with Gasteiger partial charge in [0.15, 0.2) is 7.14 Å². The van der Waals surface area contributed by atoms with E-state index in [1.165, 1.54) is 64.7 Å². The largest absolute Gasteiger partial charge is 0.309 e. The molecule has 0 atom stereocenters. The fourth-order valence-electron chi connectivity index (χ4n) is 9.95. The monoisotopic (exact) mass is 763 g/mol. The van der Waals surface area contributed by atoms with Crippen LogP contribution in [0.1, 0.15) is 22.3 Å². The van der Waals surface area contributed by atoms with Crippen LogP contribution < -0.4 is 15.9 Å². The van der Waals surface area contributed by atoms with E-state index in [2.05, 4.69) is 150 Å². The highest BCUT2D eigenvalue weighted by Crippen LogP contribution is 2.63. The first-order valence-electron chi connectivity index (χ1n) is 19.4. The minimum absolute atomic E-state index is 0.463. The van der Waals surface area contributed by atoms with Gasteiger partial charge in [0.2, 0.25) is 0 Å². The minimum Gasteiger partial charge on any atom is -0.309 e. The molecule has 0 saturated heterocycles. The highest BCUT2D eigenvalue weighted by Gasteiger charge is 2.50. The van der Waals surface area contributed by atoms with E-state index in [0.29, 0.717) is 0 Å². The van der Waals surface area contributed by atoms with Gasteiger partial charge in [-0.3, -0.25) is 0 Å². The molecule has 1 spiro atoms. The number of hydrogen-bond donors (Lipinski definition) is 0. The molecule has 2 aliphatic rings. The molecule has 1 aliphatic carbocycles. The number of aromatic nitrogens is 1. The van der Waals surface area contributed by atoms with E-state index >= 15 is 4.57 Å². The second-order valence-electron chi connectivity index (χ2n) is 15.1. The van der Waals surface area contributed by atoms with Gasteiger partial charge in [0.1, 0.15) is 0 Å². The Bertz CT molecular complexity index is 3210. The predicted molar refractivity (Wildman–Crippen MR) is 239 cm³/mol. The van der Waals surface area contributed by atoms with E-state index < -0.39 is 12.6 Å². The average molecular weight is 764 g/mol. The lowest BCUT2D eigenvalue weighted by Gasteiger charge is -2.39. The van der Waals surface area contributed by atoms with Crippen LogP contribution in [-0.4, -0.2) is 4.57 Å². The van der Waals surface area contributed by atoms with E-state index in [1.807, 2.05) is 72.4 Å². The van der Waals surface area contributed by atoms with E-state index in [-0.39, 0.29) is 0 Å². The molecule has 0 N–H and O–H groups in total. The summed E-state index contributed by atoms with van der Waals surface area (Å²) in [5.41, 5.74) is 10.8. The van der Waals surface area contributed by atoms with Crippen molar-refractivity contribution in [3.05, 3.63) is 229 Å². The molecule has 4 heteroatoms. The smallest absolute Gasteiger partial charge is 0.171 e. The van der Waals surface area contributed by atoms with Crippen LogP contribution in [0, 0.1) is 0 Å². The maximum absolute atomic E-state index is 15.3. The first-order valence-corrected chi connectivity index (χ1v) is 22.0. The molecule has 0 amide bonds. The maximum atomic E-state index is 15.3. The lowest BCUT2D eigenvalue weighted by Crippen LogP contribution is -2.32. The Morgan fingerprint density at radius 2 is 0.982 bits per heavy atom. The highest BCUT2D eigenvalue weighted by molar-refractivity contribution is 7.99. The Morgan fingerprint density at radius 1 is 0.421 bits per heavy atom. The maximum Gasteiger partial charge on any atom is 0.171 e. The molecule has 1 aliphatic heterocycles. The number of hydrogen-bond acceptors (Lipinski definition) is 2. The van der Waals surface area contributed by atoms with Crippen molar-refractivity contribution in [3.63, 3.8) is 0 Å². The molecule has 57 heavy (non-hydrogen) atoms. The van der Waals surface area contributed by atoms with E-state index in [0.717, 1.165) is 32.6 Å². The molecule has 2 nitrogen and oxygen atoms in total. The van der Waals surface area contributed by atoms with Gasteiger partial charge in [-0.15, -0.1) is 0 Å². The zero-order valence-corrected chi connectivity index (χ0v) is 32.6. The SMILES string of the molecule is O=P(c1ccccc1)(c1ccccc1)c1ccc(-n2c3cc4c(cc3c3c5ccccc5ccc32)C2(c3ccccc3S4)c3ccccc3-c3ccccc32)cc1. The molecule has 0 bridgehead atoms. The zero-order valence-electron chi connectivity index (χ0n) is 30.8. The first-order chi connectivity index (χ1) is 28.2. The summed E-state index contributed by atoms with van der Waals surface area (Å²) in [6.07, 6.45) is 0. The molecule has 0 fully saturated rings. The zero-order chi connectivity index (χ0) is 37.7. The lowest BCUT2D eigenvalue weighted by molar-refractivity contribution is 0.592. The molecule has 0 radical (unpaired) electrons. The minimum atomic E-state index is -3.13. The van der Waals surface area contributed by atoms with Crippen molar-refractivity contribution in [2.75, 3.05) is 0 Å². The summed E-state index contributed by atoms with van der Waals surface area (Å²) in [4.78, 5) is 2.54. The third kappa shape index (κ3) is 4.47. The van der Waals surface area contributed by atoms with Gasteiger partial charge in [-0.1, -0.05) is 169 Å². The van der Waals surface area contributed by atoms with Gasteiger partial charge < -0.3 is 9.13 Å². The molecular weight excluding hydrogens is 730 g/mol. The van der Waals surface area contributed by atoms with E-state index in [1.54, 1.807) is 0 Å². The third-order valence-electron chi connectivity index (χ3n) is 12.3. The molecule has 9 aromatic carbocycles. The van der Waals surface area contributed by atoms with Gasteiger partial charge in [-0.05, 0) is 92.7 Å². The van der Waals surface area contributed by atoms with Crippen molar-refractivity contribution in [3.8, 4) is 16.8 Å². The summed E-state index contributed by atoms with van der Waals surface area (Å²) >= 11 is 1.88. The van der Waals surface area contributed by atoms with Gasteiger partial charge in [-0.25, -0.2) is 0 Å². The average Bonchev–Trinajstić information content (AvgIpc) is 3.77. The van der Waals surface area contributed by atoms with Gasteiger partial charge in [0, 0.05) is 42.2 Å². The standard InChI is InChI=1S/C53H34NOPS/c55-56(37-16-3-1-4-17-37,38-18-5-2-6-19-38)39-30-28-36(29-31-39)54-48-32-27-35-15-7-8-20-40(35)52(48)43-33-47-51(34-49(43)54)57-50-26-14-13-25-46(50)53(47)44-23-11-9-21-41(44)42-22-10-12-24-45(42)53/h1-34H. The number of fused-ring (bicyclic) bond motifs is 14. The fraction of sp³-hybridized carbons (Fsp3) is 0.0189. The van der Waals surface area contributed by atoms with E-state index in [4.69, 9.17) is 0 Å². The van der Waals surface area contributed by atoms with Crippen LogP contribution in [0.2, 0.25) is 0 Å². The van der Waals surface area contributed by atoms with Crippen LogP contribution in [-0.2, 0) is 9.98 Å². The summed E-state index contributed by atoms with van der Waals surface area (Å²) < 4.78 is 17.8. The van der Waals surface area contributed by atoms with Crippen molar-refractivity contribution in [1.82, 2.24) is 4.57 Å². The molecule has 2 heterocycles. The van der Waals surface area contributed by atoms with Gasteiger partial charge in [0.05, 0.1) is 16.4 Å². The quantitative estimate of drug-likeness (QED) is 0.167. The fourth-order valence-corrected chi connectivity index (χ4v) is 13.8. The van der Waals surface area contributed by atoms with Crippen LogP contribution in [0.3, 0.4) is 0 Å². The molecule has 10 aromatic rings. The molecular formula is C53H34NOPS. The molecule has 12 rings (SSSR count). The van der Waals surface area contributed by atoms with Gasteiger partial charge >= 0.3 is 0 Å². The number of rotatable bonds is 4. The highest BCUT2D eigenvalue weighted by atomic mass is 32.2. The van der Waals surface area contributed by atoms with E-state index in [9.17, 15) is 0 Å². The second-order valence-corrected chi connectivity index (χ2v) is 19.0. The van der Waals surface area contributed by atoms with Crippen LogP contribution in [0.25, 0.3) is 49.4 Å². The molecule has 0 unspecified atom stereocenters. The summed E-state index contributed by atoms with van der Waals surface area (Å²) in [6, 6.07) is 73.6. The normalized spacial score (nSPS) is 13.8. The Morgan fingerprint density at radius 3 is 1.67 bits per heavy atom. The third-order valence-corrected chi connectivity index (χ3v) is 16.5. The topological polar surface area (TPSA) is 22.0 Å². The van der Waals surface area contributed by atoms with Crippen molar-refractivity contribution >= 4 is 67.4 Å².